The number of fused-ring (bicyclic) bond motifs is 1. The average Bonchev–Trinajstić information content (AvgIpc) is 2.82. The van der Waals surface area contributed by atoms with Crippen molar-refractivity contribution in [3.8, 4) is 0 Å². The molecule has 7 nitrogen and oxygen atoms in total. The van der Waals surface area contributed by atoms with Gasteiger partial charge in [0.05, 0.1) is 23.8 Å². The Labute approximate surface area is 183 Å². The number of rotatable bonds is 6. The SMILES string of the molecule is O=C(CCc1ccc(S(=O)(=O)N2CCOCC2)cc1)N/N=C1/CCCc2ccccc21. The smallest absolute Gasteiger partial charge is 0.243 e. The third-order valence-electron chi connectivity index (χ3n) is 5.68. The van der Waals surface area contributed by atoms with E-state index in [1.807, 2.05) is 18.2 Å². The number of morpholine rings is 1. The van der Waals surface area contributed by atoms with Crippen LogP contribution in [0.4, 0.5) is 0 Å². The molecule has 1 aliphatic heterocycles. The summed E-state index contributed by atoms with van der Waals surface area (Å²) in [6, 6.07) is 14.9. The number of sulfonamides is 1. The van der Waals surface area contributed by atoms with Crippen molar-refractivity contribution in [2.24, 2.45) is 5.10 Å². The van der Waals surface area contributed by atoms with Gasteiger partial charge in [0, 0.05) is 25.1 Å². The van der Waals surface area contributed by atoms with E-state index in [4.69, 9.17) is 4.74 Å². The summed E-state index contributed by atoms with van der Waals surface area (Å²) in [5.41, 5.74) is 6.90. The standard InChI is InChI=1S/C23H27N3O4S/c27-23(25-24-22-7-3-5-19-4-1-2-6-21(19)22)13-10-18-8-11-20(12-9-18)31(28,29)26-14-16-30-17-15-26/h1-2,4,6,8-9,11-12H,3,5,7,10,13-17H2,(H,25,27)/b24-22-. The molecule has 0 aromatic heterocycles. The summed E-state index contributed by atoms with van der Waals surface area (Å²) in [6.07, 6.45) is 3.74. The molecule has 1 saturated heterocycles. The summed E-state index contributed by atoms with van der Waals surface area (Å²) in [5.74, 6) is -0.152. The van der Waals surface area contributed by atoms with Gasteiger partial charge in [-0.15, -0.1) is 0 Å². The minimum absolute atomic E-state index is 0.152. The number of ether oxygens (including phenoxy) is 1. The van der Waals surface area contributed by atoms with E-state index in [-0.39, 0.29) is 17.2 Å². The van der Waals surface area contributed by atoms with Crippen molar-refractivity contribution in [3.63, 3.8) is 0 Å². The van der Waals surface area contributed by atoms with Crippen molar-refractivity contribution in [2.45, 2.75) is 37.0 Å². The van der Waals surface area contributed by atoms with Crippen molar-refractivity contribution >= 4 is 21.6 Å². The maximum absolute atomic E-state index is 12.7. The fraction of sp³-hybridized carbons (Fsp3) is 0.391. The van der Waals surface area contributed by atoms with Gasteiger partial charge in [0.1, 0.15) is 0 Å². The predicted molar refractivity (Wildman–Crippen MR) is 118 cm³/mol. The van der Waals surface area contributed by atoms with Crippen LogP contribution in [0, 0.1) is 0 Å². The number of amides is 1. The Morgan fingerprint density at radius 1 is 1.03 bits per heavy atom. The molecule has 0 radical (unpaired) electrons. The highest BCUT2D eigenvalue weighted by Crippen LogP contribution is 2.21. The lowest BCUT2D eigenvalue weighted by molar-refractivity contribution is -0.121. The van der Waals surface area contributed by atoms with E-state index in [0.29, 0.717) is 32.7 Å². The van der Waals surface area contributed by atoms with Gasteiger partial charge in [-0.2, -0.15) is 9.41 Å². The molecule has 2 aromatic rings. The molecule has 8 heteroatoms. The van der Waals surface area contributed by atoms with Gasteiger partial charge < -0.3 is 4.74 Å². The molecule has 0 unspecified atom stereocenters. The highest BCUT2D eigenvalue weighted by Gasteiger charge is 2.26. The molecule has 1 fully saturated rings. The predicted octanol–water partition coefficient (Wildman–Crippen LogP) is 2.50. The van der Waals surface area contributed by atoms with Gasteiger partial charge in [-0.05, 0) is 48.9 Å². The van der Waals surface area contributed by atoms with E-state index in [9.17, 15) is 13.2 Å². The van der Waals surface area contributed by atoms with E-state index in [1.165, 1.54) is 9.87 Å². The highest BCUT2D eigenvalue weighted by atomic mass is 32.2. The second-order valence-electron chi connectivity index (χ2n) is 7.76. The molecule has 0 spiro atoms. The normalized spacial score (nSPS) is 18.5. The molecule has 0 atom stereocenters. The van der Waals surface area contributed by atoms with Crippen LogP contribution in [0.15, 0.2) is 58.5 Å². The van der Waals surface area contributed by atoms with Crippen LogP contribution < -0.4 is 5.43 Å². The van der Waals surface area contributed by atoms with Crippen LogP contribution >= 0.6 is 0 Å². The number of carbonyl (C=O) groups excluding carboxylic acids is 1. The van der Waals surface area contributed by atoms with Gasteiger partial charge in [0.15, 0.2) is 0 Å². The number of aryl methyl sites for hydroxylation is 2. The first kappa shape index (κ1) is 21.7. The number of benzene rings is 2. The first-order chi connectivity index (χ1) is 15.0. The summed E-state index contributed by atoms with van der Waals surface area (Å²) >= 11 is 0. The summed E-state index contributed by atoms with van der Waals surface area (Å²) in [5, 5.41) is 4.36. The average molecular weight is 442 g/mol. The molecule has 164 valence electrons. The van der Waals surface area contributed by atoms with Crippen LogP contribution in [0.5, 0.6) is 0 Å². The molecule has 1 heterocycles. The summed E-state index contributed by atoms with van der Waals surface area (Å²) < 4.78 is 32.0. The second kappa shape index (κ2) is 9.72. The molecule has 1 amide bonds. The zero-order valence-electron chi connectivity index (χ0n) is 17.4. The first-order valence-corrected chi connectivity index (χ1v) is 12.1. The first-order valence-electron chi connectivity index (χ1n) is 10.6. The topological polar surface area (TPSA) is 88.1 Å². The fourth-order valence-corrected chi connectivity index (χ4v) is 5.33. The van der Waals surface area contributed by atoms with Crippen molar-refractivity contribution < 1.29 is 17.9 Å². The number of nitrogens with zero attached hydrogens (tertiary/aromatic N) is 2. The van der Waals surface area contributed by atoms with Crippen LogP contribution in [0.3, 0.4) is 0 Å². The van der Waals surface area contributed by atoms with Gasteiger partial charge in [0.2, 0.25) is 15.9 Å². The lowest BCUT2D eigenvalue weighted by Gasteiger charge is -2.26. The van der Waals surface area contributed by atoms with E-state index in [0.717, 1.165) is 36.1 Å². The Morgan fingerprint density at radius 2 is 1.77 bits per heavy atom. The largest absolute Gasteiger partial charge is 0.379 e. The van der Waals surface area contributed by atoms with Crippen molar-refractivity contribution in [2.75, 3.05) is 26.3 Å². The van der Waals surface area contributed by atoms with Gasteiger partial charge in [-0.3, -0.25) is 4.79 Å². The minimum atomic E-state index is -3.50. The van der Waals surface area contributed by atoms with Crippen molar-refractivity contribution in [3.05, 3.63) is 65.2 Å². The van der Waals surface area contributed by atoms with E-state index < -0.39 is 10.0 Å². The number of hydrogen-bond donors (Lipinski definition) is 1. The van der Waals surface area contributed by atoms with Gasteiger partial charge in [-0.25, -0.2) is 13.8 Å². The van der Waals surface area contributed by atoms with Gasteiger partial charge >= 0.3 is 0 Å². The zero-order valence-corrected chi connectivity index (χ0v) is 18.2. The molecule has 4 rings (SSSR count). The van der Waals surface area contributed by atoms with E-state index in [1.54, 1.807) is 24.3 Å². The Hall–Kier alpha value is -2.55. The summed E-state index contributed by atoms with van der Waals surface area (Å²) in [7, 11) is -3.50. The van der Waals surface area contributed by atoms with Crippen LogP contribution in [0.25, 0.3) is 0 Å². The highest BCUT2D eigenvalue weighted by molar-refractivity contribution is 7.89. The molecule has 1 N–H and O–H groups in total. The monoisotopic (exact) mass is 441 g/mol. The van der Waals surface area contributed by atoms with Crippen molar-refractivity contribution in [1.29, 1.82) is 0 Å². The summed E-state index contributed by atoms with van der Waals surface area (Å²) in [4.78, 5) is 12.5. The molecule has 2 aliphatic rings. The Kier molecular flexibility index (Phi) is 6.80. The third-order valence-corrected chi connectivity index (χ3v) is 7.59. The quantitative estimate of drug-likeness (QED) is 0.698. The number of carbonyl (C=O) groups is 1. The minimum Gasteiger partial charge on any atom is -0.379 e. The third kappa shape index (κ3) is 5.20. The Morgan fingerprint density at radius 3 is 2.55 bits per heavy atom. The molecular formula is C23H27N3O4S. The van der Waals surface area contributed by atoms with E-state index in [2.05, 4.69) is 16.6 Å². The van der Waals surface area contributed by atoms with Crippen molar-refractivity contribution in [1.82, 2.24) is 9.73 Å². The Bertz CT molecular complexity index is 1060. The van der Waals surface area contributed by atoms with Gasteiger partial charge in [-0.1, -0.05) is 36.4 Å². The number of hydrazone groups is 1. The summed E-state index contributed by atoms with van der Waals surface area (Å²) in [6.45, 7) is 1.58. The number of nitrogens with one attached hydrogen (secondary N) is 1. The molecule has 0 saturated carbocycles. The van der Waals surface area contributed by atoms with Crippen LogP contribution in [-0.2, 0) is 32.4 Å². The second-order valence-corrected chi connectivity index (χ2v) is 9.70. The van der Waals surface area contributed by atoms with Crippen LogP contribution in [0.2, 0.25) is 0 Å². The van der Waals surface area contributed by atoms with E-state index >= 15 is 0 Å². The lowest BCUT2D eigenvalue weighted by atomic mass is 9.90. The van der Waals surface area contributed by atoms with Crippen LogP contribution in [-0.4, -0.2) is 50.6 Å². The fourth-order valence-electron chi connectivity index (χ4n) is 3.92. The molecule has 1 aliphatic carbocycles. The zero-order chi connectivity index (χ0) is 21.7. The maximum atomic E-state index is 12.7. The molecule has 2 aromatic carbocycles. The molecular weight excluding hydrogens is 414 g/mol. The van der Waals surface area contributed by atoms with Crippen LogP contribution in [0.1, 0.15) is 36.0 Å². The van der Waals surface area contributed by atoms with Gasteiger partial charge in [0.25, 0.3) is 0 Å². The Balaban J connectivity index is 1.32. The maximum Gasteiger partial charge on any atom is 0.243 e. The molecule has 31 heavy (non-hydrogen) atoms. The number of hydrogen-bond acceptors (Lipinski definition) is 5. The molecule has 0 bridgehead atoms. The lowest BCUT2D eigenvalue weighted by Crippen LogP contribution is -2.40.